The maximum atomic E-state index is 13.6. The third-order valence-electron chi connectivity index (χ3n) is 14.6. The summed E-state index contributed by atoms with van der Waals surface area (Å²) in [5.74, 6) is -4.18. The molecule has 0 saturated carbocycles. The zero-order chi connectivity index (χ0) is 68.4. The Hall–Kier alpha value is -9.23. The molecule has 0 bridgehead atoms. The number of hydrogen-bond acceptors (Lipinski definition) is 11. The smallest absolute Gasteiger partial charge is 0.344 e. The summed E-state index contributed by atoms with van der Waals surface area (Å²) >= 11 is 0. The molecule has 0 aliphatic heterocycles. The Morgan fingerprint density at radius 3 is 0.716 bits per heavy atom. The summed E-state index contributed by atoms with van der Waals surface area (Å²) in [5, 5.41) is 18.2. The number of hydrogen-bond donors (Lipinski definition) is 16. The van der Waals surface area contributed by atoms with Crippen LogP contribution in [-0.4, -0.2) is 108 Å². The van der Waals surface area contributed by atoms with E-state index in [9.17, 15) is 91.0 Å². The number of nitrogens with one attached hydrogen (secondary N) is 8. The van der Waals surface area contributed by atoms with E-state index >= 15 is 0 Å². The Morgan fingerprint density at radius 2 is 0.495 bits per heavy atom. The molecular formula is C57H56N14NaO19P4+. The van der Waals surface area contributed by atoms with E-state index in [1.807, 2.05) is 0 Å². The van der Waals surface area contributed by atoms with Gasteiger partial charge in [0.15, 0.2) is 0 Å². The summed E-state index contributed by atoms with van der Waals surface area (Å²) in [6, 6.07) is 19.0. The molecule has 16 N–H and O–H groups in total. The molecular weight excluding hydrogens is 1330 g/mol. The number of amides is 8. The monoisotopic (exact) mass is 1390 g/mol. The summed E-state index contributed by atoms with van der Waals surface area (Å²) in [6.45, 7) is 0. The third-order valence-corrected chi connectivity index (χ3v) is 18.7. The van der Waals surface area contributed by atoms with Crippen LogP contribution in [-0.2, 0) is 60.5 Å². The molecule has 0 aliphatic rings. The first kappa shape index (κ1) is 70.1. The molecule has 0 fully saturated rings. The van der Waals surface area contributed by atoms with Crippen LogP contribution in [0.2, 0.25) is 0 Å². The van der Waals surface area contributed by atoms with Crippen LogP contribution in [0.15, 0.2) is 134 Å². The molecule has 8 amide bonds. The number of rotatable bonds is 18. The first-order chi connectivity index (χ1) is 43.9. The Morgan fingerprint density at radius 1 is 0.284 bits per heavy atom. The van der Waals surface area contributed by atoms with Crippen molar-refractivity contribution in [1.29, 1.82) is 0 Å². The van der Waals surface area contributed by atoms with Gasteiger partial charge in [0.1, 0.15) is 34.2 Å². The standard InChI is InChI=1S/C57H56N14O19P4.Na/c1-66-23-31(15-41(66)51(72)58-29-13-39-37(49(21-29)93(85,86)87)9-7-11-47(39)91(79,80)81)60-53(74)43-17-33(25-68(43)3)62-55(76)45-19-35(27-70(45)5)64-57(78)65-36-20-46(71(6)28-36)56(77)63-34-18-44(69(4)26-34)54(75)61-32-16-42(67(2)24-32)52(73)59-30-14-40-38(50(22-30)94(88,89)90)10-8-12-48(40)92(82,83)84;/h7-28H,1-6H3,(H,58,72)(H,59,73)(H,60,74)(H,61,75)(H,62,76)(H,63,77)(H2,64,65,78)(H2,79,80,81)(H2,82,83,84)(H2,85,86,87)(H2,88,89,90);/q;+1. The van der Waals surface area contributed by atoms with Gasteiger partial charge in [-0.05, 0) is 83.6 Å². The number of aryl methyl sites for hydroxylation is 6. The van der Waals surface area contributed by atoms with Crippen LogP contribution < -0.4 is 93.3 Å². The summed E-state index contributed by atoms with van der Waals surface area (Å²) < 4.78 is 57.9. The van der Waals surface area contributed by atoms with Gasteiger partial charge in [0.2, 0.25) is 0 Å². The quantitative estimate of drug-likeness (QED) is 0.0426. The van der Waals surface area contributed by atoms with E-state index in [2.05, 4.69) is 42.5 Å². The molecule has 0 unspecified atom stereocenters. The molecule has 0 atom stereocenters. The molecule has 0 spiro atoms. The normalized spacial score (nSPS) is 11.9. The Labute approximate surface area is 558 Å². The molecule has 0 radical (unpaired) electrons. The zero-order valence-electron chi connectivity index (χ0n) is 50.7. The van der Waals surface area contributed by atoms with Crippen molar-refractivity contribution in [3.8, 4) is 0 Å². The molecule has 0 saturated heterocycles. The summed E-state index contributed by atoms with van der Waals surface area (Å²) in [6.07, 6.45) is 8.68. The number of anilines is 8. The molecule has 4 aromatic carbocycles. The number of carbonyl (C=O) groups is 7. The fourth-order valence-electron chi connectivity index (χ4n) is 10.5. The largest absolute Gasteiger partial charge is 1.00 e. The van der Waals surface area contributed by atoms with Gasteiger partial charge in [0, 0.05) is 102 Å². The second kappa shape index (κ2) is 26.5. The van der Waals surface area contributed by atoms with E-state index in [4.69, 9.17) is 0 Å². The van der Waals surface area contributed by atoms with Crippen LogP contribution in [0.5, 0.6) is 0 Å². The molecule has 10 aromatic rings. The number of urea groups is 1. The van der Waals surface area contributed by atoms with Crippen LogP contribution in [0, 0.1) is 0 Å². The molecule has 6 heterocycles. The number of carbonyl (C=O) groups excluding carboxylic acids is 7. The molecule has 488 valence electrons. The Balaban J connectivity index is 0.0000106. The topological polar surface area (TPSA) is 475 Å². The third kappa shape index (κ3) is 15.3. The van der Waals surface area contributed by atoms with Crippen molar-refractivity contribution in [2.24, 2.45) is 42.3 Å². The molecule has 95 heavy (non-hydrogen) atoms. The van der Waals surface area contributed by atoms with Gasteiger partial charge < -0.3 is 109 Å². The van der Waals surface area contributed by atoms with Crippen LogP contribution in [0.3, 0.4) is 0 Å². The summed E-state index contributed by atoms with van der Waals surface area (Å²) in [7, 11) is -10.8. The van der Waals surface area contributed by atoms with E-state index in [0.717, 1.165) is 24.3 Å². The molecule has 0 aliphatic carbocycles. The molecule has 38 heteroatoms. The first-order valence-electron chi connectivity index (χ1n) is 27.2. The SMILES string of the molecule is Cn1cc(NC(=O)Nc2cc(C(=O)Nc3cc(C(=O)Nc4cc(C(=O)Nc5cc(P(=O)(O)O)c6cccc(P(=O)(O)O)c6c5)n(C)c4)n(C)c3)n(C)c2)cc1C(=O)Nc1cc(C(=O)Nc2cc(C(=O)Nc3cc(P(=O)(O)O)c4cccc(P(=O)(O)O)c4c3)n(C)c2)n(C)c1.[Na+]. The number of aromatic nitrogens is 6. The Kier molecular flexibility index (Phi) is 19.6. The van der Waals surface area contributed by atoms with Crippen LogP contribution in [0.25, 0.3) is 21.5 Å². The van der Waals surface area contributed by atoms with Crippen molar-refractivity contribution in [1.82, 2.24) is 27.4 Å². The minimum absolute atomic E-state index is 0. The first-order valence-corrected chi connectivity index (χ1v) is 33.7. The van der Waals surface area contributed by atoms with Gasteiger partial charge in [-0.15, -0.1) is 0 Å². The van der Waals surface area contributed by atoms with E-state index in [1.54, 1.807) is 28.2 Å². The van der Waals surface area contributed by atoms with E-state index in [1.165, 1.54) is 151 Å². The second-order valence-corrected chi connectivity index (χ2v) is 27.8. The van der Waals surface area contributed by atoms with Gasteiger partial charge in [-0.2, -0.15) is 0 Å². The minimum Gasteiger partial charge on any atom is -0.344 e. The summed E-state index contributed by atoms with van der Waals surface area (Å²) in [4.78, 5) is 175. The van der Waals surface area contributed by atoms with Gasteiger partial charge in [0.25, 0.3) is 35.4 Å². The van der Waals surface area contributed by atoms with Gasteiger partial charge in [-0.3, -0.25) is 47.0 Å². The van der Waals surface area contributed by atoms with Crippen molar-refractivity contribution < 1.29 is 121 Å². The van der Waals surface area contributed by atoms with Crippen molar-refractivity contribution in [2.75, 3.05) is 42.5 Å². The average molecular weight is 1390 g/mol. The van der Waals surface area contributed by atoms with E-state index in [0.29, 0.717) is 0 Å². The second-order valence-electron chi connectivity index (χ2n) is 21.6. The predicted octanol–water partition coefficient (Wildman–Crippen LogP) is 1.40. The molecule has 10 rings (SSSR count). The van der Waals surface area contributed by atoms with Crippen LogP contribution in [0.4, 0.5) is 50.3 Å². The van der Waals surface area contributed by atoms with Crippen LogP contribution >= 0.6 is 30.4 Å². The summed E-state index contributed by atoms with van der Waals surface area (Å²) in [5.41, 5.74) is 0.987. The maximum absolute atomic E-state index is 13.6. The maximum Gasteiger partial charge on any atom is 1.00 e. The van der Waals surface area contributed by atoms with Gasteiger partial charge in [0.05, 0.1) is 55.3 Å². The van der Waals surface area contributed by atoms with E-state index in [-0.39, 0.29) is 131 Å². The molecule has 33 nitrogen and oxygen atoms in total. The predicted molar refractivity (Wildman–Crippen MR) is 347 cm³/mol. The number of fused-ring (bicyclic) bond motifs is 2. The van der Waals surface area contributed by atoms with Crippen LogP contribution in [0.1, 0.15) is 62.9 Å². The van der Waals surface area contributed by atoms with Crippen molar-refractivity contribution in [2.45, 2.75) is 0 Å². The van der Waals surface area contributed by atoms with Gasteiger partial charge in [-0.25, -0.2) is 4.79 Å². The minimum atomic E-state index is -5.03. The fourth-order valence-corrected chi connectivity index (χ4v) is 13.6. The van der Waals surface area contributed by atoms with Gasteiger partial charge >= 0.3 is 66.0 Å². The molecule has 6 aromatic heterocycles. The Bertz CT molecular complexity index is 4770. The fraction of sp³-hybridized carbons (Fsp3) is 0.105. The number of benzene rings is 4. The van der Waals surface area contributed by atoms with Crippen molar-refractivity contribution >= 4 is 160 Å². The van der Waals surface area contributed by atoms with E-state index < -0.39 is 93.1 Å². The van der Waals surface area contributed by atoms with Crippen molar-refractivity contribution in [3.63, 3.8) is 0 Å². The van der Waals surface area contributed by atoms with Crippen molar-refractivity contribution in [3.05, 3.63) is 168 Å². The van der Waals surface area contributed by atoms with Gasteiger partial charge in [-0.1, -0.05) is 24.3 Å². The average Bonchev–Trinajstić information content (AvgIpc) is 1.74. The zero-order valence-corrected chi connectivity index (χ0v) is 56.3. The number of nitrogens with zero attached hydrogens (tertiary/aromatic N) is 6.